The van der Waals surface area contributed by atoms with E-state index in [2.05, 4.69) is 28.9 Å². The van der Waals surface area contributed by atoms with Gasteiger partial charge in [-0.1, -0.05) is 25.7 Å². The van der Waals surface area contributed by atoms with Crippen LogP contribution in [0.1, 0.15) is 25.7 Å². The summed E-state index contributed by atoms with van der Waals surface area (Å²) in [4.78, 5) is 12.4. The number of carbonyl (C=O) groups excluding carboxylic acids is 1. The first-order valence-electron chi connectivity index (χ1n) is 9.21. The monoisotopic (exact) mass is 382 g/mol. The van der Waals surface area contributed by atoms with Crippen LogP contribution in [0, 0.1) is 0 Å². The third kappa shape index (κ3) is 4.51. The Kier molecular flexibility index (Phi) is 6.53. The van der Waals surface area contributed by atoms with Gasteiger partial charge in [-0.15, -0.1) is 11.8 Å². The van der Waals surface area contributed by atoms with Gasteiger partial charge in [0.05, 0.1) is 11.2 Å². The average molecular weight is 383 g/mol. The first kappa shape index (κ1) is 19.5. The Balaban J connectivity index is 1.86. The second kappa shape index (κ2) is 9.06. The summed E-state index contributed by atoms with van der Waals surface area (Å²) in [6, 6.07) is 6.19. The lowest BCUT2D eigenvalue weighted by Crippen LogP contribution is -2.36. The van der Waals surface area contributed by atoms with E-state index in [4.69, 9.17) is 0 Å². The Labute approximate surface area is 164 Å². The minimum Gasteiger partial charge on any atom is -0.326 e. The van der Waals surface area contributed by atoms with Gasteiger partial charge in [-0.2, -0.15) is 5.10 Å². The van der Waals surface area contributed by atoms with Crippen LogP contribution in [0.15, 0.2) is 54.6 Å². The Morgan fingerprint density at radius 3 is 2.96 bits per heavy atom. The fraction of sp³-hybridized carbons (Fsp3) is 0.333. The van der Waals surface area contributed by atoms with Gasteiger partial charge in [-0.25, -0.2) is 4.68 Å². The number of piperidine rings is 1. The zero-order chi connectivity index (χ0) is 19.2. The highest BCUT2D eigenvalue weighted by molar-refractivity contribution is 7.98. The molecule has 2 heterocycles. The maximum Gasteiger partial charge on any atom is 0.225 e. The molecule has 1 amide bonds. The molecular formula is C21H26N4OS. The molecule has 1 aliphatic rings. The Bertz CT molecular complexity index is 878. The first-order chi connectivity index (χ1) is 13.2. The van der Waals surface area contributed by atoms with E-state index < -0.39 is 0 Å². The third-order valence-electron chi connectivity index (χ3n) is 4.71. The standard InChI is InChI=1S/C21H26N4OS/c1-4-8-17(5-2)25-19-13-16(10-11-18(19)21(24-25)27-3)23-20(26)14-15-9-6-7-12-22-15/h4-5,8,10-11,13,15,22H,1-2,6-7,9,12,14H2,3H3,(H,23,26)/b17-8+. The number of nitrogens with one attached hydrogen (secondary N) is 2. The number of thioether (sulfide) groups is 1. The van der Waals surface area contributed by atoms with E-state index in [1.807, 2.05) is 35.2 Å². The SMILES string of the molecule is C=C/C=C(\C=C)n1nc(SC)c2ccc(NC(=O)CC3CCCCN3)cc21. The van der Waals surface area contributed by atoms with E-state index in [0.29, 0.717) is 6.42 Å². The molecule has 3 rings (SSSR count). The molecule has 142 valence electrons. The van der Waals surface area contributed by atoms with Gasteiger partial charge in [0.25, 0.3) is 0 Å². The number of aromatic nitrogens is 2. The van der Waals surface area contributed by atoms with Gasteiger partial charge in [0, 0.05) is 23.5 Å². The van der Waals surface area contributed by atoms with Crippen LogP contribution in [0.4, 0.5) is 5.69 Å². The largest absolute Gasteiger partial charge is 0.326 e. The van der Waals surface area contributed by atoms with Crippen molar-refractivity contribution in [2.24, 2.45) is 0 Å². The van der Waals surface area contributed by atoms with E-state index in [9.17, 15) is 4.79 Å². The maximum absolute atomic E-state index is 12.4. The van der Waals surface area contributed by atoms with Crippen molar-refractivity contribution in [2.75, 3.05) is 18.1 Å². The van der Waals surface area contributed by atoms with Crippen molar-refractivity contribution in [2.45, 2.75) is 36.8 Å². The fourth-order valence-corrected chi connectivity index (χ4v) is 3.95. The van der Waals surface area contributed by atoms with Gasteiger partial charge in [0.15, 0.2) is 0 Å². The molecule has 1 fully saturated rings. The summed E-state index contributed by atoms with van der Waals surface area (Å²) in [5, 5.41) is 13.1. The van der Waals surface area contributed by atoms with Gasteiger partial charge in [-0.05, 0) is 56.0 Å². The van der Waals surface area contributed by atoms with Crippen molar-refractivity contribution in [1.29, 1.82) is 0 Å². The molecule has 2 aromatic rings. The lowest BCUT2D eigenvalue weighted by molar-refractivity contribution is -0.116. The van der Waals surface area contributed by atoms with Crippen molar-refractivity contribution in [1.82, 2.24) is 15.1 Å². The minimum absolute atomic E-state index is 0.0375. The highest BCUT2D eigenvalue weighted by atomic mass is 32.2. The van der Waals surface area contributed by atoms with Crippen LogP contribution in [0.2, 0.25) is 0 Å². The molecule has 1 aromatic carbocycles. The fourth-order valence-electron chi connectivity index (χ4n) is 3.39. The maximum atomic E-state index is 12.4. The minimum atomic E-state index is 0.0375. The molecule has 0 spiro atoms. The van der Waals surface area contributed by atoms with Crippen molar-refractivity contribution in [3.63, 3.8) is 0 Å². The normalized spacial score (nSPS) is 17.7. The van der Waals surface area contributed by atoms with Crippen molar-refractivity contribution in [3.05, 3.63) is 49.6 Å². The molecule has 0 bridgehead atoms. The van der Waals surface area contributed by atoms with Gasteiger partial charge >= 0.3 is 0 Å². The smallest absolute Gasteiger partial charge is 0.225 e. The van der Waals surface area contributed by atoms with E-state index in [-0.39, 0.29) is 11.9 Å². The van der Waals surface area contributed by atoms with Crippen molar-refractivity contribution >= 4 is 40.0 Å². The zero-order valence-corrected chi connectivity index (χ0v) is 16.5. The molecule has 1 aromatic heterocycles. The summed E-state index contributed by atoms with van der Waals surface area (Å²) in [5.41, 5.74) is 2.55. The molecule has 0 saturated carbocycles. The van der Waals surface area contributed by atoms with Crippen LogP contribution < -0.4 is 10.6 Å². The molecule has 6 heteroatoms. The third-order valence-corrected chi connectivity index (χ3v) is 5.40. The second-order valence-electron chi connectivity index (χ2n) is 6.58. The molecule has 1 unspecified atom stereocenters. The Hall–Kier alpha value is -2.31. The molecule has 1 atom stereocenters. The van der Waals surface area contributed by atoms with Gasteiger partial charge < -0.3 is 10.6 Å². The summed E-state index contributed by atoms with van der Waals surface area (Å²) in [6.07, 6.45) is 11.3. The van der Waals surface area contributed by atoms with Crippen LogP contribution in [0.5, 0.6) is 0 Å². The highest BCUT2D eigenvalue weighted by Crippen LogP contribution is 2.30. The molecule has 1 aliphatic heterocycles. The number of hydrogen-bond donors (Lipinski definition) is 2. The number of benzene rings is 1. The number of rotatable bonds is 7. The van der Waals surface area contributed by atoms with E-state index in [1.165, 1.54) is 12.8 Å². The zero-order valence-electron chi connectivity index (χ0n) is 15.7. The number of amides is 1. The van der Waals surface area contributed by atoms with Crippen LogP contribution in [0.25, 0.3) is 16.6 Å². The molecule has 2 N–H and O–H groups in total. The lowest BCUT2D eigenvalue weighted by Gasteiger charge is -2.22. The summed E-state index contributed by atoms with van der Waals surface area (Å²) in [6.45, 7) is 8.63. The average Bonchev–Trinajstić information content (AvgIpc) is 3.04. The molecule has 0 radical (unpaired) electrons. The molecule has 5 nitrogen and oxygen atoms in total. The topological polar surface area (TPSA) is 59.0 Å². The van der Waals surface area contributed by atoms with E-state index in [0.717, 1.165) is 40.3 Å². The molecule has 27 heavy (non-hydrogen) atoms. The number of carbonyl (C=O) groups is 1. The summed E-state index contributed by atoms with van der Waals surface area (Å²) in [7, 11) is 0. The summed E-state index contributed by atoms with van der Waals surface area (Å²) >= 11 is 1.59. The molecular weight excluding hydrogens is 356 g/mol. The van der Waals surface area contributed by atoms with Crippen molar-refractivity contribution < 1.29 is 4.79 Å². The van der Waals surface area contributed by atoms with Crippen molar-refractivity contribution in [3.8, 4) is 0 Å². The summed E-state index contributed by atoms with van der Waals surface area (Å²) < 4.78 is 1.84. The number of anilines is 1. The van der Waals surface area contributed by atoms with Crippen LogP contribution in [-0.4, -0.2) is 34.5 Å². The summed E-state index contributed by atoms with van der Waals surface area (Å²) in [5.74, 6) is 0.0375. The predicted molar refractivity (Wildman–Crippen MR) is 115 cm³/mol. The first-order valence-corrected chi connectivity index (χ1v) is 10.4. The quantitative estimate of drug-likeness (QED) is 0.549. The van der Waals surface area contributed by atoms with Gasteiger partial charge in [-0.3, -0.25) is 4.79 Å². The van der Waals surface area contributed by atoms with E-state index in [1.54, 1.807) is 23.9 Å². The number of fused-ring (bicyclic) bond motifs is 1. The van der Waals surface area contributed by atoms with Gasteiger partial charge in [0.2, 0.25) is 5.91 Å². The molecule has 0 aliphatic carbocycles. The number of nitrogens with zero attached hydrogens (tertiary/aromatic N) is 2. The second-order valence-corrected chi connectivity index (χ2v) is 7.38. The Morgan fingerprint density at radius 1 is 1.44 bits per heavy atom. The molecule has 1 saturated heterocycles. The highest BCUT2D eigenvalue weighted by Gasteiger charge is 2.17. The number of hydrogen-bond acceptors (Lipinski definition) is 4. The van der Waals surface area contributed by atoms with Crippen LogP contribution >= 0.6 is 11.8 Å². The lowest BCUT2D eigenvalue weighted by atomic mass is 10.0. The van der Waals surface area contributed by atoms with Crippen LogP contribution in [0.3, 0.4) is 0 Å². The Morgan fingerprint density at radius 2 is 2.30 bits per heavy atom. The van der Waals surface area contributed by atoms with Crippen LogP contribution in [-0.2, 0) is 4.79 Å². The predicted octanol–water partition coefficient (Wildman–Crippen LogP) is 4.44. The van der Waals surface area contributed by atoms with E-state index >= 15 is 0 Å². The van der Waals surface area contributed by atoms with Gasteiger partial charge in [0.1, 0.15) is 5.03 Å². The number of allylic oxidation sites excluding steroid dienone is 4.